The van der Waals surface area contributed by atoms with Crippen LogP contribution in [0.3, 0.4) is 0 Å². The Labute approximate surface area is 202 Å². The minimum Gasteiger partial charge on any atom is -0.460 e. The second-order valence-electron chi connectivity index (χ2n) is 8.21. The van der Waals surface area contributed by atoms with Gasteiger partial charge in [0, 0.05) is 43.5 Å². The summed E-state index contributed by atoms with van der Waals surface area (Å²) < 4.78 is 16.7. The number of amides is 1. The minimum absolute atomic E-state index is 0.00395. The van der Waals surface area contributed by atoms with E-state index in [4.69, 9.17) is 13.9 Å². The summed E-state index contributed by atoms with van der Waals surface area (Å²) in [7, 11) is 2.10. The largest absolute Gasteiger partial charge is 0.460 e. The Bertz CT molecular complexity index is 1210. The quantitative estimate of drug-likeness (QED) is 0.505. The first-order valence-electron chi connectivity index (χ1n) is 11.6. The van der Waals surface area contributed by atoms with E-state index in [2.05, 4.69) is 27.3 Å². The van der Waals surface area contributed by atoms with Gasteiger partial charge in [-0.25, -0.2) is 9.59 Å². The molecular formula is C24H29N5O6. The molecule has 0 spiro atoms. The lowest BCUT2D eigenvalue weighted by molar-refractivity contribution is 0.0471. The number of anilines is 2. The van der Waals surface area contributed by atoms with Crippen LogP contribution in [-0.2, 0) is 9.47 Å². The average Bonchev–Trinajstić information content (AvgIpc) is 3.44. The second-order valence-corrected chi connectivity index (χ2v) is 8.21. The van der Waals surface area contributed by atoms with Crippen LogP contribution in [0.5, 0.6) is 0 Å². The summed E-state index contributed by atoms with van der Waals surface area (Å²) in [5.74, 6) is -1.21. The molecule has 1 saturated heterocycles. The van der Waals surface area contributed by atoms with E-state index in [1.165, 1.54) is 6.07 Å². The predicted octanol–water partition coefficient (Wildman–Crippen LogP) is 3.20. The number of esters is 1. The van der Waals surface area contributed by atoms with Crippen molar-refractivity contribution in [2.45, 2.75) is 20.3 Å². The fourth-order valence-corrected chi connectivity index (χ4v) is 3.75. The number of hydrogen-bond donors (Lipinski definition) is 1. The van der Waals surface area contributed by atoms with Crippen LogP contribution in [0.2, 0.25) is 0 Å². The van der Waals surface area contributed by atoms with Crippen molar-refractivity contribution in [3.8, 4) is 0 Å². The second kappa shape index (κ2) is 10.6. The molecule has 186 valence electrons. The Kier molecular flexibility index (Phi) is 7.35. The molecule has 0 aliphatic carbocycles. The van der Waals surface area contributed by atoms with E-state index >= 15 is 0 Å². The van der Waals surface area contributed by atoms with E-state index in [0.717, 1.165) is 36.5 Å². The Morgan fingerprint density at radius 1 is 1.06 bits per heavy atom. The van der Waals surface area contributed by atoms with Crippen molar-refractivity contribution < 1.29 is 28.3 Å². The van der Waals surface area contributed by atoms with E-state index in [-0.39, 0.29) is 35.9 Å². The highest BCUT2D eigenvalue weighted by atomic mass is 16.6. The molecule has 1 amide bonds. The maximum atomic E-state index is 12.9. The van der Waals surface area contributed by atoms with Crippen LogP contribution in [0, 0.1) is 0 Å². The molecular weight excluding hydrogens is 454 g/mol. The summed E-state index contributed by atoms with van der Waals surface area (Å²) >= 11 is 0. The highest BCUT2D eigenvalue weighted by Crippen LogP contribution is 2.28. The van der Waals surface area contributed by atoms with Gasteiger partial charge in [0.25, 0.3) is 5.91 Å². The van der Waals surface area contributed by atoms with Crippen molar-refractivity contribution in [1.29, 1.82) is 0 Å². The van der Waals surface area contributed by atoms with Gasteiger partial charge >= 0.3 is 12.1 Å². The van der Waals surface area contributed by atoms with E-state index in [9.17, 15) is 14.4 Å². The molecule has 0 atom stereocenters. The number of benzene rings is 1. The van der Waals surface area contributed by atoms with Gasteiger partial charge in [-0.05, 0) is 44.7 Å². The standard InChI is InChI=1S/C24H29N5O6/c1-4-14-34-23(31)19-15-18-20(35-19)21(26-29(18)24(32)33-5-2)25-22(30)16-6-8-17(9-7-16)28-12-10-27(3)11-13-28/h6-9,15H,4-5,10-14H2,1-3H3,(H,25,26,30). The molecule has 1 N–H and O–H groups in total. The molecule has 0 radical (unpaired) electrons. The number of hydrogen-bond acceptors (Lipinski definition) is 9. The number of aromatic nitrogens is 2. The van der Waals surface area contributed by atoms with Gasteiger partial charge in [-0.3, -0.25) is 4.79 Å². The number of fused-ring (bicyclic) bond motifs is 1. The van der Waals surface area contributed by atoms with E-state index in [1.54, 1.807) is 19.1 Å². The van der Waals surface area contributed by atoms with Gasteiger partial charge in [0.1, 0.15) is 5.52 Å². The average molecular weight is 484 g/mol. The molecule has 3 aromatic rings. The van der Waals surface area contributed by atoms with Crippen molar-refractivity contribution >= 4 is 40.6 Å². The van der Waals surface area contributed by atoms with E-state index in [0.29, 0.717) is 12.0 Å². The van der Waals surface area contributed by atoms with Gasteiger partial charge < -0.3 is 29.0 Å². The van der Waals surface area contributed by atoms with Gasteiger partial charge in [0.05, 0.1) is 13.2 Å². The summed E-state index contributed by atoms with van der Waals surface area (Å²) in [5.41, 5.74) is 1.72. The molecule has 11 heteroatoms. The highest BCUT2D eigenvalue weighted by Gasteiger charge is 2.25. The van der Waals surface area contributed by atoms with Gasteiger partial charge in [-0.2, -0.15) is 4.68 Å². The minimum atomic E-state index is -0.760. The fourth-order valence-electron chi connectivity index (χ4n) is 3.75. The number of nitrogens with one attached hydrogen (secondary N) is 1. The molecule has 35 heavy (non-hydrogen) atoms. The van der Waals surface area contributed by atoms with Crippen molar-refractivity contribution in [2.24, 2.45) is 0 Å². The summed E-state index contributed by atoms with van der Waals surface area (Å²) in [4.78, 5) is 42.1. The fraction of sp³-hybridized carbons (Fsp3) is 0.417. The van der Waals surface area contributed by atoms with Crippen molar-refractivity contribution in [2.75, 3.05) is 56.7 Å². The van der Waals surface area contributed by atoms with Crippen LogP contribution in [0.1, 0.15) is 41.2 Å². The lowest BCUT2D eigenvalue weighted by Gasteiger charge is -2.34. The van der Waals surface area contributed by atoms with Crippen molar-refractivity contribution in [1.82, 2.24) is 14.7 Å². The van der Waals surface area contributed by atoms with Crippen LogP contribution in [-0.4, -0.2) is 79.1 Å². The number of rotatable bonds is 7. The SMILES string of the molecule is CCCOC(=O)c1cc2c(o1)c(NC(=O)c1ccc(N3CCN(C)CC3)cc1)nn2C(=O)OCC. The third kappa shape index (κ3) is 5.29. The number of carbonyl (C=O) groups excluding carboxylic acids is 3. The third-order valence-corrected chi connectivity index (χ3v) is 5.66. The lowest BCUT2D eigenvalue weighted by Crippen LogP contribution is -2.44. The maximum absolute atomic E-state index is 12.9. The van der Waals surface area contributed by atoms with E-state index in [1.807, 2.05) is 19.1 Å². The first-order valence-corrected chi connectivity index (χ1v) is 11.6. The molecule has 0 bridgehead atoms. The predicted molar refractivity (Wildman–Crippen MR) is 129 cm³/mol. The molecule has 1 aliphatic heterocycles. The Morgan fingerprint density at radius 2 is 1.77 bits per heavy atom. The molecule has 3 heterocycles. The molecule has 2 aromatic heterocycles. The van der Waals surface area contributed by atoms with Gasteiger partial charge in [-0.15, -0.1) is 5.10 Å². The molecule has 1 aliphatic rings. The molecule has 1 aromatic carbocycles. The van der Waals surface area contributed by atoms with Crippen LogP contribution < -0.4 is 10.2 Å². The first-order chi connectivity index (χ1) is 16.9. The Morgan fingerprint density at radius 3 is 2.43 bits per heavy atom. The molecule has 0 unspecified atom stereocenters. The summed E-state index contributed by atoms with van der Waals surface area (Å²) in [6.45, 7) is 7.71. The smallest absolute Gasteiger partial charge is 0.435 e. The Hall–Kier alpha value is -3.86. The summed E-state index contributed by atoms with van der Waals surface area (Å²) in [6, 6.07) is 8.62. The summed E-state index contributed by atoms with van der Waals surface area (Å²) in [6.07, 6.45) is -0.110. The van der Waals surface area contributed by atoms with Crippen molar-refractivity contribution in [3.05, 3.63) is 41.7 Å². The van der Waals surface area contributed by atoms with Crippen molar-refractivity contribution in [3.63, 3.8) is 0 Å². The lowest BCUT2D eigenvalue weighted by atomic mass is 10.1. The molecule has 0 saturated carbocycles. The van der Waals surface area contributed by atoms with Crippen LogP contribution in [0.4, 0.5) is 16.3 Å². The monoisotopic (exact) mass is 483 g/mol. The zero-order valence-electron chi connectivity index (χ0n) is 20.1. The number of nitrogens with zero attached hydrogens (tertiary/aromatic N) is 4. The molecule has 11 nitrogen and oxygen atoms in total. The van der Waals surface area contributed by atoms with Gasteiger partial charge in [0.15, 0.2) is 11.4 Å². The van der Waals surface area contributed by atoms with Gasteiger partial charge in [-0.1, -0.05) is 6.92 Å². The molecule has 4 rings (SSSR count). The van der Waals surface area contributed by atoms with Gasteiger partial charge in [0.2, 0.25) is 5.76 Å². The van der Waals surface area contributed by atoms with Crippen LogP contribution >= 0.6 is 0 Å². The molecule has 1 fully saturated rings. The number of piperazine rings is 1. The normalized spacial score (nSPS) is 14.2. The van der Waals surface area contributed by atoms with Crippen LogP contribution in [0.15, 0.2) is 34.7 Å². The topological polar surface area (TPSA) is 119 Å². The number of likely N-dealkylation sites (N-methyl/N-ethyl adjacent to an activating group) is 1. The highest BCUT2D eigenvalue weighted by molar-refractivity contribution is 6.08. The first kappa shape index (κ1) is 24.3. The van der Waals surface area contributed by atoms with Crippen LogP contribution in [0.25, 0.3) is 11.1 Å². The maximum Gasteiger partial charge on any atom is 0.435 e. The zero-order valence-corrected chi connectivity index (χ0v) is 20.1. The van der Waals surface area contributed by atoms with E-state index < -0.39 is 18.0 Å². The third-order valence-electron chi connectivity index (χ3n) is 5.66. The number of ether oxygens (including phenoxy) is 2. The number of furan rings is 1. The Balaban J connectivity index is 1.56. The number of carbonyl (C=O) groups is 3. The summed E-state index contributed by atoms with van der Waals surface area (Å²) in [5, 5.41) is 6.82. The zero-order chi connectivity index (χ0) is 24.9.